The quantitative estimate of drug-likeness (QED) is 0.733. The average molecular weight is 358 g/mol. The highest BCUT2D eigenvalue weighted by Gasteiger charge is 2.20. The van der Waals surface area contributed by atoms with E-state index < -0.39 is 5.97 Å². The lowest BCUT2D eigenvalue weighted by Gasteiger charge is -2.23. The molecule has 0 fully saturated rings. The van der Waals surface area contributed by atoms with E-state index in [4.69, 9.17) is 9.15 Å². The van der Waals surface area contributed by atoms with Gasteiger partial charge in [0.1, 0.15) is 5.76 Å². The van der Waals surface area contributed by atoms with Crippen LogP contribution in [0.5, 0.6) is 0 Å². The number of amides is 2. The van der Waals surface area contributed by atoms with Crippen molar-refractivity contribution in [3.05, 3.63) is 54.0 Å². The van der Waals surface area contributed by atoms with Crippen LogP contribution in [0, 0.1) is 0 Å². The first-order valence-corrected chi connectivity index (χ1v) is 8.36. The van der Waals surface area contributed by atoms with E-state index in [1.165, 1.54) is 18.1 Å². The Morgan fingerprint density at radius 2 is 1.92 bits per heavy atom. The van der Waals surface area contributed by atoms with Gasteiger partial charge in [-0.1, -0.05) is 12.1 Å². The molecule has 0 atom stereocenters. The second-order valence-corrected chi connectivity index (χ2v) is 5.51. The zero-order chi connectivity index (χ0) is 18.9. The molecule has 138 valence electrons. The molecule has 0 saturated carbocycles. The molecule has 1 heterocycles. The molecule has 0 aliphatic carbocycles. The van der Waals surface area contributed by atoms with Gasteiger partial charge in [-0.05, 0) is 31.2 Å². The molecule has 0 aliphatic heterocycles. The van der Waals surface area contributed by atoms with Crippen molar-refractivity contribution in [3.8, 4) is 0 Å². The minimum absolute atomic E-state index is 0.0947. The maximum absolute atomic E-state index is 12.1. The molecular weight excluding hydrogens is 336 g/mol. The van der Waals surface area contributed by atoms with Gasteiger partial charge < -0.3 is 19.4 Å². The number of esters is 1. The molecule has 0 unspecified atom stereocenters. The van der Waals surface area contributed by atoms with E-state index in [0.29, 0.717) is 17.0 Å². The molecule has 1 aromatic carbocycles. The number of benzene rings is 1. The number of carbonyl (C=O) groups is 3. The number of nitrogens with zero attached hydrogens (tertiary/aromatic N) is 1. The number of hydrogen-bond acceptors (Lipinski definition) is 5. The third-order valence-electron chi connectivity index (χ3n) is 3.67. The normalized spacial score (nSPS) is 10.2. The molecule has 0 bridgehead atoms. The Balaban J connectivity index is 2.04. The molecule has 7 nitrogen and oxygen atoms in total. The lowest BCUT2D eigenvalue weighted by molar-refractivity contribution is -0.121. The van der Waals surface area contributed by atoms with Crippen molar-refractivity contribution in [1.82, 2.24) is 5.32 Å². The van der Waals surface area contributed by atoms with E-state index in [1.807, 2.05) is 0 Å². The number of anilines is 1. The Morgan fingerprint density at radius 1 is 1.15 bits per heavy atom. The Bertz CT molecular complexity index is 755. The van der Waals surface area contributed by atoms with Gasteiger partial charge in [0.25, 0.3) is 0 Å². The van der Waals surface area contributed by atoms with Crippen molar-refractivity contribution in [2.75, 3.05) is 18.1 Å². The molecule has 0 saturated heterocycles. The maximum atomic E-state index is 12.1. The van der Waals surface area contributed by atoms with Crippen LogP contribution in [0.3, 0.4) is 0 Å². The Morgan fingerprint density at radius 3 is 2.58 bits per heavy atom. The smallest absolute Gasteiger partial charge is 0.340 e. The monoisotopic (exact) mass is 358 g/mol. The molecule has 0 spiro atoms. The van der Waals surface area contributed by atoms with Crippen LogP contribution in [0.1, 0.15) is 36.4 Å². The largest absolute Gasteiger partial charge is 0.467 e. The summed E-state index contributed by atoms with van der Waals surface area (Å²) in [6.45, 7) is 3.78. The van der Waals surface area contributed by atoms with Crippen LogP contribution >= 0.6 is 0 Å². The highest BCUT2D eigenvalue weighted by Crippen LogP contribution is 2.22. The van der Waals surface area contributed by atoms with Crippen LogP contribution < -0.4 is 10.2 Å². The maximum Gasteiger partial charge on any atom is 0.340 e. The molecule has 1 aromatic heterocycles. The van der Waals surface area contributed by atoms with Crippen LogP contribution in [0.15, 0.2) is 47.1 Å². The summed E-state index contributed by atoms with van der Waals surface area (Å²) in [4.78, 5) is 37.6. The summed E-state index contributed by atoms with van der Waals surface area (Å²) in [6.07, 6.45) is 1.63. The van der Waals surface area contributed by atoms with Crippen LogP contribution in [0.2, 0.25) is 0 Å². The van der Waals surface area contributed by atoms with Crippen molar-refractivity contribution < 1.29 is 23.5 Å². The van der Waals surface area contributed by atoms with Gasteiger partial charge in [0.05, 0.1) is 30.7 Å². The fourth-order valence-electron chi connectivity index (χ4n) is 2.44. The van der Waals surface area contributed by atoms with Gasteiger partial charge >= 0.3 is 5.97 Å². The zero-order valence-corrected chi connectivity index (χ0v) is 14.9. The number of para-hydroxylation sites is 1. The fraction of sp³-hybridized carbons (Fsp3) is 0.316. The highest BCUT2D eigenvalue weighted by atomic mass is 16.5. The van der Waals surface area contributed by atoms with Gasteiger partial charge in [0.2, 0.25) is 11.8 Å². The molecule has 7 heteroatoms. The molecule has 2 rings (SSSR count). The predicted molar refractivity (Wildman–Crippen MR) is 95.6 cm³/mol. The van der Waals surface area contributed by atoms with Crippen LogP contribution in [0.4, 0.5) is 5.69 Å². The molecular formula is C19H22N2O5. The Labute approximate surface area is 151 Å². The van der Waals surface area contributed by atoms with Crippen LogP contribution in [-0.4, -0.2) is 30.9 Å². The van der Waals surface area contributed by atoms with E-state index >= 15 is 0 Å². The third kappa shape index (κ3) is 5.20. The first-order chi connectivity index (χ1) is 12.5. The first kappa shape index (κ1) is 19.2. The molecule has 2 aromatic rings. The fourth-order valence-corrected chi connectivity index (χ4v) is 2.44. The van der Waals surface area contributed by atoms with Crippen molar-refractivity contribution in [3.63, 3.8) is 0 Å². The summed E-state index contributed by atoms with van der Waals surface area (Å²) in [6, 6.07) is 10.2. The lowest BCUT2D eigenvalue weighted by Crippen LogP contribution is -2.34. The van der Waals surface area contributed by atoms with Gasteiger partial charge in [0.15, 0.2) is 0 Å². The lowest BCUT2D eigenvalue weighted by atomic mass is 10.1. The van der Waals surface area contributed by atoms with E-state index in [2.05, 4.69) is 5.32 Å². The van der Waals surface area contributed by atoms with Gasteiger partial charge in [-0.2, -0.15) is 0 Å². The number of carbonyl (C=O) groups excluding carboxylic acids is 3. The predicted octanol–water partition coefficient (Wildman–Crippen LogP) is 2.52. The summed E-state index contributed by atoms with van der Waals surface area (Å²) in [5, 5.41) is 2.73. The van der Waals surface area contributed by atoms with Crippen LogP contribution in [-0.2, 0) is 20.9 Å². The summed E-state index contributed by atoms with van der Waals surface area (Å²) < 4.78 is 10.2. The van der Waals surface area contributed by atoms with Crippen molar-refractivity contribution in [2.45, 2.75) is 26.8 Å². The number of ether oxygens (including phenoxy) is 1. The van der Waals surface area contributed by atoms with Gasteiger partial charge in [0, 0.05) is 19.9 Å². The van der Waals surface area contributed by atoms with Crippen LogP contribution in [0.25, 0.3) is 0 Å². The Hall–Kier alpha value is -3.09. The second kappa shape index (κ2) is 9.41. The van der Waals surface area contributed by atoms with Crippen molar-refractivity contribution in [1.29, 1.82) is 0 Å². The van der Waals surface area contributed by atoms with E-state index in [9.17, 15) is 14.4 Å². The molecule has 26 heavy (non-hydrogen) atoms. The third-order valence-corrected chi connectivity index (χ3v) is 3.67. The van der Waals surface area contributed by atoms with E-state index in [-0.39, 0.29) is 37.9 Å². The number of furan rings is 1. The number of hydrogen-bond donors (Lipinski definition) is 1. The minimum Gasteiger partial charge on any atom is -0.467 e. The molecule has 2 amide bonds. The first-order valence-electron chi connectivity index (χ1n) is 8.36. The topological polar surface area (TPSA) is 88.8 Å². The standard InChI is InChI=1S/C19H22N2O5/c1-3-25-19(24)16-8-4-5-9-17(16)21(14(2)22)11-10-18(23)20-13-15-7-6-12-26-15/h4-9,12H,3,10-11,13H2,1-2H3,(H,20,23). The summed E-state index contributed by atoms with van der Waals surface area (Å²) in [7, 11) is 0. The molecule has 0 aliphatic rings. The number of rotatable bonds is 8. The minimum atomic E-state index is -0.503. The zero-order valence-electron chi connectivity index (χ0n) is 14.9. The van der Waals surface area contributed by atoms with Crippen molar-refractivity contribution >= 4 is 23.5 Å². The van der Waals surface area contributed by atoms with Gasteiger partial charge in [-0.3, -0.25) is 9.59 Å². The SMILES string of the molecule is CCOC(=O)c1ccccc1N(CCC(=O)NCc1ccco1)C(C)=O. The number of nitrogens with one attached hydrogen (secondary N) is 1. The highest BCUT2D eigenvalue weighted by molar-refractivity contribution is 6.02. The molecule has 0 radical (unpaired) electrons. The van der Waals surface area contributed by atoms with E-state index in [1.54, 1.807) is 43.3 Å². The second-order valence-electron chi connectivity index (χ2n) is 5.51. The summed E-state index contributed by atoms with van der Waals surface area (Å²) in [5.41, 5.74) is 0.720. The van der Waals surface area contributed by atoms with Crippen molar-refractivity contribution in [2.24, 2.45) is 0 Å². The average Bonchev–Trinajstić information content (AvgIpc) is 3.14. The van der Waals surface area contributed by atoms with Gasteiger partial charge in [-0.25, -0.2) is 4.79 Å². The molecule has 1 N–H and O–H groups in total. The van der Waals surface area contributed by atoms with E-state index in [0.717, 1.165) is 0 Å². The Kier molecular flexibility index (Phi) is 6.96. The summed E-state index contributed by atoms with van der Waals surface area (Å²) in [5.74, 6) is -0.340. The summed E-state index contributed by atoms with van der Waals surface area (Å²) >= 11 is 0. The van der Waals surface area contributed by atoms with Gasteiger partial charge in [-0.15, -0.1) is 0 Å².